The Bertz CT molecular complexity index is 1230. The van der Waals surface area contributed by atoms with Gasteiger partial charge in [-0.15, -0.1) is 11.3 Å². The Labute approximate surface area is 240 Å². The lowest BCUT2D eigenvalue weighted by Gasteiger charge is -2.30. The number of halogens is 3. The third-order valence-electron chi connectivity index (χ3n) is 8.42. The molecular formula is C29H38F3N3O3S2. The summed E-state index contributed by atoms with van der Waals surface area (Å²) < 4.78 is 63.7. The Morgan fingerprint density at radius 1 is 1.15 bits per heavy atom. The summed E-state index contributed by atoms with van der Waals surface area (Å²) in [6.07, 6.45) is 4.54. The van der Waals surface area contributed by atoms with Gasteiger partial charge in [0.2, 0.25) is 0 Å². The minimum absolute atomic E-state index is 0.00340. The molecule has 5 rings (SSSR count). The van der Waals surface area contributed by atoms with Crippen LogP contribution in [-0.4, -0.2) is 50.7 Å². The van der Waals surface area contributed by atoms with Crippen molar-refractivity contribution in [1.29, 1.82) is 0 Å². The molecule has 3 fully saturated rings. The highest BCUT2D eigenvalue weighted by Gasteiger charge is 2.41. The molecule has 2 saturated heterocycles. The molecule has 6 nitrogen and oxygen atoms in total. The molecule has 2 aliphatic heterocycles. The van der Waals surface area contributed by atoms with Crippen LogP contribution in [-0.2, 0) is 28.3 Å². The highest BCUT2D eigenvalue weighted by atomic mass is 32.2. The Kier molecular flexibility index (Phi) is 9.04. The lowest BCUT2D eigenvalue weighted by atomic mass is 9.85. The topological polar surface area (TPSA) is 71.5 Å². The van der Waals surface area contributed by atoms with Crippen LogP contribution in [0.3, 0.4) is 0 Å². The minimum atomic E-state index is -4.68. The van der Waals surface area contributed by atoms with Crippen LogP contribution in [0.15, 0.2) is 23.1 Å². The van der Waals surface area contributed by atoms with Crippen LogP contribution in [0.25, 0.3) is 10.4 Å². The first-order chi connectivity index (χ1) is 19.0. The second-order valence-electron chi connectivity index (χ2n) is 11.8. The largest absolute Gasteiger partial charge is 0.417 e. The van der Waals surface area contributed by atoms with E-state index in [1.165, 1.54) is 12.5 Å². The predicted octanol–water partition coefficient (Wildman–Crippen LogP) is 6.76. The number of nitrogens with zero attached hydrogens (tertiary/aromatic N) is 2. The van der Waals surface area contributed by atoms with Crippen LogP contribution in [0.4, 0.5) is 13.2 Å². The molecule has 1 aliphatic carbocycles. The summed E-state index contributed by atoms with van der Waals surface area (Å²) in [5, 5.41) is 3.30. The number of carbonyl (C=O) groups excluding carboxylic acids is 1. The summed E-state index contributed by atoms with van der Waals surface area (Å²) in [7, 11) is -1.94. The van der Waals surface area contributed by atoms with Gasteiger partial charge >= 0.3 is 6.18 Å². The molecule has 40 heavy (non-hydrogen) atoms. The summed E-state index contributed by atoms with van der Waals surface area (Å²) in [6.45, 7) is 5.50. The third kappa shape index (κ3) is 6.63. The molecule has 1 atom stereocenters. The molecule has 1 N–H and O–H groups in total. The Morgan fingerprint density at radius 3 is 2.52 bits per heavy atom. The first-order valence-electron chi connectivity index (χ1n) is 14.3. The van der Waals surface area contributed by atoms with Gasteiger partial charge in [-0.1, -0.05) is 38.2 Å². The highest BCUT2D eigenvalue weighted by Crippen LogP contribution is 2.42. The van der Waals surface area contributed by atoms with Crippen molar-refractivity contribution < 1.29 is 26.9 Å². The van der Waals surface area contributed by atoms with Crippen molar-refractivity contribution >= 4 is 28.2 Å². The number of nitrogens with one attached hydrogen (secondary N) is 1. The molecule has 0 radical (unpaired) electrons. The first-order valence-corrected chi connectivity index (χ1v) is 16.2. The molecule has 1 amide bonds. The van der Waals surface area contributed by atoms with E-state index in [0.29, 0.717) is 48.2 Å². The van der Waals surface area contributed by atoms with Crippen LogP contribution in [0, 0.1) is 5.92 Å². The van der Waals surface area contributed by atoms with Gasteiger partial charge in [-0.2, -0.15) is 13.2 Å². The number of hydrogen-bond acceptors (Lipinski definition) is 5. The fourth-order valence-corrected chi connectivity index (χ4v) is 8.73. The van der Waals surface area contributed by atoms with E-state index in [4.69, 9.17) is 9.72 Å². The van der Waals surface area contributed by atoms with E-state index in [1.807, 2.05) is 13.8 Å². The maximum atomic E-state index is 14.4. The molecule has 220 valence electrons. The Morgan fingerprint density at radius 2 is 1.88 bits per heavy atom. The van der Waals surface area contributed by atoms with Gasteiger partial charge in [0, 0.05) is 31.3 Å². The van der Waals surface area contributed by atoms with E-state index in [1.54, 1.807) is 10.4 Å². The quantitative estimate of drug-likeness (QED) is 0.383. The van der Waals surface area contributed by atoms with E-state index in [0.717, 1.165) is 68.8 Å². The summed E-state index contributed by atoms with van der Waals surface area (Å²) in [5.74, 6) is 0.102. The van der Waals surface area contributed by atoms with Crippen LogP contribution in [0.2, 0.25) is 0 Å². The van der Waals surface area contributed by atoms with Crippen molar-refractivity contribution in [2.75, 3.05) is 19.8 Å². The van der Waals surface area contributed by atoms with E-state index < -0.39 is 28.3 Å². The first kappa shape index (κ1) is 29.7. The van der Waals surface area contributed by atoms with Gasteiger partial charge in [-0.25, -0.2) is 13.5 Å². The number of amides is 1. The lowest BCUT2D eigenvalue weighted by Crippen LogP contribution is -2.39. The fraction of sp³-hybridized carbons (Fsp3) is 0.655. The highest BCUT2D eigenvalue weighted by molar-refractivity contribution is 7.82. The number of alkyl halides is 3. The molecule has 1 saturated carbocycles. The van der Waals surface area contributed by atoms with Gasteiger partial charge in [-0.3, -0.25) is 4.79 Å². The summed E-state index contributed by atoms with van der Waals surface area (Å²) in [5.41, 5.74) is -0.292. The SMILES string of the molecule is CC1(C)CCCN1S(=O)c1ccc(-c2sc(C(=O)NC3CCOCC3)nc2CC2CCCCC2)cc1C(F)(F)F. The van der Waals surface area contributed by atoms with Crippen LogP contribution in [0.1, 0.15) is 92.7 Å². The van der Waals surface area contributed by atoms with Gasteiger partial charge < -0.3 is 10.1 Å². The fourth-order valence-electron chi connectivity index (χ4n) is 6.12. The van der Waals surface area contributed by atoms with Crippen LogP contribution >= 0.6 is 11.3 Å². The van der Waals surface area contributed by atoms with Crippen molar-refractivity contribution in [3.8, 4) is 10.4 Å². The molecule has 1 aromatic heterocycles. The molecule has 3 heterocycles. The summed E-state index contributed by atoms with van der Waals surface area (Å²) >= 11 is 1.15. The van der Waals surface area contributed by atoms with Gasteiger partial charge in [-0.05, 0) is 69.6 Å². The van der Waals surface area contributed by atoms with Gasteiger partial charge in [0.15, 0.2) is 5.01 Å². The molecule has 0 bridgehead atoms. The van der Waals surface area contributed by atoms with Gasteiger partial charge in [0.25, 0.3) is 5.91 Å². The number of hydrogen-bond donors (Lipinski definition) is 1. The molecule has 2 aromatic rings. The monoisotopic (exact) mass is 597 g/mol. The van der Waals surface area contributed by atoms with E-state index in [-0.39, 0.29) is 21.9 Å². The molecular weight excluding hydrogens is 559 g/mol. The molecule has 1 unspecified atom stereocenters. The summed E-state index contributed by atoms with van der Waals surface area (Å²) in [4.78, 5) is 18.2. The predicted molar refractivity (Wildman–Crippen MR) is 151 cm³/mol. The third-order valence-corrected chi connectivity index (χ3v) is 11.4. The number of benzene rings is 1. The van der Waals surface area contributed by atoms with E-state index in [2.05, 4.69) is 5.32 Å². The molecule has 0 spiro atoms. The Balaban J connectivity index is 1.50. The zero-order valence-corrected chi connectivity index (χ0v) is 24.8. The van der Waals surface area contributed by atoms with Gasteiger partial charge in [0.05, 0.1) is 21.0 Å². The molecule has 3 aliphatic rings. The molecule has 11 heteroatoms. The lowest BCUT2D eigenvalue weighted by molar-refractivity contribution is -0.139. The van der Waals surface area contributed by atoms with Crippen molar-refractivity contribution in [3.05, 3.63) is 34.5 Å². The second-order valence-corrected chi connectivity index (χ2v) is 14.2. The maximum Gasteiger partial charge on any atom is 0.417 e. The average molecular weight is 598 g/mol. The minimum Gasteiger partial charge on any atom is -0.381 e. The van der Waals surface area contributed by atoms with Gasteiger partial charge in [0.1, 0.15) is 11.0 Å². The van der Waals surface area contributed by atoms with Crippen molar-refractivity contribution in [3.63, 3.8) is 0 Å². The average Bonchev–Trinajstić information content (AvgIpc) is 3.51. The number of aromatic nitrogens is 1. The van der Waals surface area contributed by atoms with E-state index >= 15 is 0 Å². The zero-order valence-electron chi connectivity index (χ0n) is 23.1. The number of rotatable bonds is 7. The summed E-state index contributed by atoms with van der Waals surface area (Å²) in [6, 6.07) is 4.07. The number of thiazole rings is 1. The van der Waals surface area contributed by atoms with Crippen molar-refractivity contribution in [1.82, 2.24) is 14.6 Å². The van der Waals surface area contributed by atoms with Crippen molar-refractivity contribution in [2.45, 2.75) is 101 Å². The van der Waals surface area contributed by atoms with Crippen LogP contribution in [0.5, 0.6) is 0 Å². The van der Waals surface area contributed by atoms with Crippen LogP contribution < -0.4 is 5.32 Å². The standard InChI is InChI=1S/C29H38F3N3O3S2/c1-28(2)13-6-14-35(28)40(37)24-10-9-20(18-22(24)29(30,31)32)25-23(17-19-7-4-3-5-8-19)34-27(39-25)26(36)33-21-11-15-38-16-12-21/h9-10,18-19,21H,3-8,11-17H2,1-2H3,(H,33,36). The smallest absolute Gasteiger partial charge is 0.381 e. The normalized spacial score (nSPS) is 21.9. The van der Waals surface area contributed by atoms with Crippen molar-refractivity contribution in [2.24, 2.45) is 5.92 Å². The molecule has 1 aromatic carbocycles. The number of ether oxygens (including phenoxy) is 1. The zero-order chi connectivity index (χ0) is 28.5. The Hall–Kier alpha value is -1.82. The van der Waals surface area contributed by atoms with E-state index in [9.17, 15) is 22.2 Å². The second kappa shape index (κ2) is 12.2. The number of carbonyl (C=O) groups is 1. The maximum absolute atomic E-state index is 14.4.